The van der Waals surface area contributed by atoms with E-state index in [0.29, 0.717) is 24.1 Å². The fourth-order valence-electron chi connectivity index (χ4n) is 5.06. The Morgan fingerprint density at radius 3 is 2.46 bits per heavy atom. The smallest absolute Gasteiger partial charge is 0.225 e. The number of fused-ring (bicyclic) bond motifs is 1. The lowest BCUT2D eigenvalue weighted by atomic mass is 9.88. The predicted molar refractivity (Wildman–Crippen MR) is 138 cm³/mol. The van der Waals surface area contributed by atoms with Crippen LogP contribution in [0.15, 0.2) is 12.3 Å². The van der Waals surface area contributed by atoms with Crippen molar-refractivity contribution in [3.05, 3.63) is 23.7 Å². The third-order valence-electron chi connectivity index (χ3n) is 7.39. The fraction of sp³-hybridized carbons (Fsp3) is 0.600. The fourth-order valence-corrected chi connectivity index (χ4v) is 6.17. The van der Waals surface area contributed by atoms with Crippen LogP contribution in [0.2, 0.25) is 0 Å². The van der Waals surface area contributed by atoms with E-state index >= 15 is 0 Å². The Bertz CT molecular complexity index is 1240. The summed E-state index contributed by atoms with van der Waals surface area (Å²) in [6.07, 6.45) is 2.51. The summed E-state index contributed by atoms with van der Waals surface area (Å²) >= 11 is 1.55. The van der Waals surface area contributed by atoms with Crippen molar-refractivity contribution < 1.29 is 15.3 Å². The van der Waals surface area contributed by atoms with Crippen molar-refractivity contribution in [1.82, 2.24) is 19.9 Å². The first-order valence-electron chi connectivity index (χ1n) is 12.3. The Hall–Kier alpha value is -2.40. The molecule has 0 radical (unpaired) electrons. The highest BCUT2D eigenvalue weighted by atomic mass is 32.1. The Kier molecular flexibility index (Phi) is 6.19. The Balaban J connectivity index is 1.55. The molecule has 188 valence electrons. The van der Waals surface area contributed by atoms with Crippen LogP contribution in [-0.4, -0.2) is 65.1 Å². The number of anilines is 2. The van der Waals surface area contributed by atoms with E-state index in [0.717, 1.165) is 32.2 Å². The minimum Gasteiger partial charge on any atom is -0.390 e. The van der Waals surface area contributed by atoms with Crippen LogP contribution in [0.4, 0.5) is 11.8 Å². The van der Waals surface area contributed by atoms with Gasteiger partial charge < -0.3 is 26.0 Å². The number of thiazole rings is 1. The largest absolute Gasteiger partial charge is 0.390 e. The van der Waals surface area contributed by atoms with E-state index in [4.69, 9.17) is 15.0 Å². The predicted octanol–water partition coefficient (Wildman–Crippen LogP) is 3.27. The van der Waals surface area contributed by atoms with Crippen LogP contribution >= 0.6 is 11.3 Å². The minimum absolute atomic E-state index is 0.266. The third kappa shape index (κ3) is 4.72. The van der Waals surface area contributed by atoms with E-state index in [1.165, 1.54) is 12.8 Å². The Labute approximate surface area is 209 Å². The zero-order valence-electron chi connectivity index (χ0n) is 20.8. The first-order chi connectivity index (χ1) is 16.5. The van der Waals surface area contributed by atoms with Gasteiger partial charge in [0.2, 0.25) is 5.95 Å². The molecule has 0 spiro atoms. The van der Waals surface area contributed by atoms with Crippen LogP contribution in [0.1, 0.15) is 51.4 Å². The summed E-state index contributed by atoms with van der Waals surface area (Å²) in [5.41, 5.74) is 2.12. The third-order valence-corrected chi connectivity index (χ3v) is 8.43. The zero-order chi connectivity index (χ0) is 25.1. The summed E-state index contributed by atoms with van der Waals surface area (Å²) in [4.78, 5) is 18.8. The molecule has 2 aliphatic rings. The summed E-state index contributed by atoms with van der Waals surface area (Å²) in [7, 11) is 0. The molecule has 5 rings (SSSR count). The number of hydrogen-bond acceptors (Lipinski definition) is 10. The molecule has 0 aromatic carbocycles. The summed E-state index contributed by atoms with van der Waals surface area (Å²) in [6, 6.07) is 1.73. The van der Waals surface area contributed by atoms with Crippen molar-refractivity contribution in [1.29, 1.82) is 0 Å². The molecule has 35 heavy (non-hydrogen) atoms. The van der Waals surface area contributed by atoms with Crippen molar-refractivity contribution in [3.8, 4) is 10.6 Å². The highest BCUT2D eigenvalue weighted by Crippen LogP contribution is 2.41. The number of aryl methyl sites for hydroxylation is 2. The van der Waals surface area contributed by atoms with Gasteiger partial charge in [0.05, 0.1) is 39.4 Å². The number of nitrogens with zero attached hydrogens (tertiary/aromatic N) is 4. The molecular weight excluding hydrogens is 464 g/mol. The molecule has 9 nitrogen and oxygen atoms in total. The molecule has 5 atom stereocenters. The van der Waals surface area contributed by atoms with E-state index in [2.05, 4.69) is 22.5 Å². The van der Waals surface area contributed by atoms with Gasteiger partial charge >= 0.3 is 0 Å². The van der Waals surface area contributed by atoms with Gasteiger partial charge in [-0.25, -0.2) is 9.97 Å². The molecule has 0 bridgehead atoms. The van der Waals surface area contributed by atoms with Gasteiger partial charge in [-0.2, -0.15) is 4.98 Å². The van der Waals surface area contributed by atoms with E-state index in [1.807, 2.05) is 19.9 Å². The van der Waals surface area contributed by atoms with Crippen LogP contribution in [0.5, 0.6) is 0 Å². The summed E-state index contributed by atoms with van der Waals surface area (Å²) in [5, 5.41) is 39.6. The van der Waals surface area contributed by atoms with Crippen molar-refractivity contribution in [2.45, 2.75) is 83.8 Å². The van der Waals surface area contributed by atoms with Gasteiger partial charge in [0.1, 0.15) is 22.4 Å². The summed E-state index contributed by atoms with van der Waals surface area (Å²) in [6.45, 7) is 9.34. The maximum absolute atomic E-state index is 10.8. The molecule has 0 unspecified atom stereocenters. The van der Waals surface area contributed by atoms with Crippen LogP contribution in [0, 0.1) is 25.7 Å². The van der Waals surface area contributed by atoms with Crippen LogP contribution < -0.4 is 10.6 Å². The zero-order valence-corrected chi connectivity index (χ0v) is 21.6. The topological polar surface area (TPSA) is 136 Å². The van der Waals surface area contributed by atoms with E-state index in [-0.39, 0.29) is 6.04 Å². The Morgan fingerprint density at radius 2 is 1.83 bits per heavy atom. The van der Waals surface area contributed by atoms with E-state index < -0.39 is 29.8 Å². The van der Waals surface area contributed by atoms with Gasteiger partial charge in [-0.05, 0) is 65.9 Å². The normalized spacial score (nSPS) is 25.7. The number of aliphatic hydroxyl groups is 3. The highest BCUT2D eigenvalue weighted by molar-refractivity contribution is 7.21. The number of nitrogens with one attached hydrogen (secondary N) is 2. The molecule has 2 saturated carbocycles. The van der Waals surface area contributed by atoms with E-state index in [1.54, 1.807) is 31.4 Å². The second-order valence-corrected chi connectivity index (χ2v) is 11.6. The standard InChI is InChI=1S/C25H34N6O3S/c1-11(14-6-7-14)27-24-28-12(2)18(23-30-19-13(3)26-9-8-17(19)35-23)22(31-24)29-16-10-15(25(4,5)34)20(32)21(16)33/h8-9,11,14-16,20-21,32-34H,6-7,10H2,1-5H3,(H2,27,28,29,31)/t11-,15+,16-,20-,21+/m1/s1. The number of aliphatic hydroxyl groups excluding tert-OH is 2. The lowest BCUT2D eigenvalue weighted by Gasteiger charge is -2.28. The lowest BCUT2D eigenvalue weighted by molar-refractivity contribution is -0.0601. The molecular formula is C25H34N6O3S. The average Bonchev–Trinajstić information content (AvgIpc) is 3.48. The number of aromatic nitrogens is 4. The molecule has 0 saturated heterocycles. The van der Waals surface area contributed by atoms with Gasteiger partial charge in [-0.15, -0.1) is 11.3 Å². The molecule has 10 heteroatoms. The van der Waals surface area contributed by atoms with Crippen molar-refractivity contribution in [2.75, 3.05) is 10.6 Å². The maximum atomic E-state index is 10.8. The van der Waals surface area contributed by atoms with Gasteiger partial charge in [0.15, 0.2) is 0 Å². The molecule has 3 aromatic heterocycles. The first kappa shape index (κ1) is 24.3. The monoisotopic (exact) mass is 498 g/mol. The highest BCUT2D eigenvalue weighted by Gasteiger charge is 2.48. The molecule has 3 heterocycles. The average molecular weight is 499 g/mol. The number of rotatable bonds is 7. The summed E-state index contributed by atoms with van der Waals surface area (Å²) < 4.78 is 1.03. The molecule has 2 aliphatic carbocycles. The second kappa shape index (κ2) is 8.92. The molecule has 0 amide bonds. The van der Waals surface area contributed by atoms with Crippen LogP contribution in [0.25, 0.3) is 20.8 Å². The Morgan fingerprint density at radius 1 is 1.09 bits per heavy atom. The second-order valence-electron chi connectivity index (χ2n) is 10.6. The van der Waals surface area contributed by atoms with Gasteiger partial charge in [0, 0.05) is 18.2 Å². The summed E-state index contributed by atoms with van der Waals surface area (Å²) in [5.74, 6) is 1.25. The van der Waals surface area contributed by atoms with Crippen molar-refractivity contribution >= 4 is 33.3 Å². The van der Waals surface area contributed by atoms with Gasteiger partial charge in [-0.1, -0.05) is 0 Å². The SMILES string of the molecule is Cc1nc(N[C@H](C)C2CC2)nc(N[C@@H]2C[C@H](C(C)(C)O)[C@@H](O)[C@H]2O)c1-c1nc2c(C)nccc2s1. The van der Waals surface area contributed by atoms with Crippen LogP contribution in [0.3, 0.4) is 0 Å². The maximum Gasteiger partial charge on any atom is 0.225 e. The molecule has 5 N–H and O–H groups in total. The molecule has 0 aliphatic heterocycles. The number of pyridine rings is 1. The lowest BCUT2D eigenvalue weighted by Crippen LogP contribution is -2.40. The van der Waals surface area contributed by atoms with Crippen molar-refractivity contribution in [2.24, 2.45) is 11.8 Å². The van der Waals surface area contributed by atoms with E-state index in [9.17, 15) is 15.3 Å². The van der Waals surface area contributed by atoms with Crippen molar-refractivity contribution in [3.63, 3.8) is 0 Å². The van der Waals surface area contributed by atoms with Crippen LogP contribution in [-0.2, 0) is 0 Å². The van der Waals surface area contributed by atoms with Gasteiger partial charge in [-0.3, -0.25) is 4.98 Å². The molecule has 3 aromatic rings. The van der Waals surface area contributed by atoms with Gasteiger partial charge in [0.25, 0.3) is 0 Å². The molecule has 2 fully saturated rings. The first-order valence-corrected chi connectivity index (χ1v) is 13.1. The number of hydrogen-bond donors (Lipinski definition) is 5. The quantitative estimate of drug-likeness (QED) is 0.332. The minimum atomic E-state index is -1.12.